The molecule has 1 aromatic heterocycles. The van der Waals surface area contributed by atoms with Crippen molar-refractivity contribution in [2.24, 2.45) is 0 Å². The van der Waals surface area contributed by atoms with E-state index in [1.807, 2.05) is 29.2 Å². The molecule has 0 aliphatic carbocycles. The molecule has 3 heterocycles. The number of piperazine rings is 1. The summed E-state index contributed by atoms with van der Waals surface area (Å²) in [4.78, 5) is 35.4. The number of hydrogen-bond donors (Lipinski definition) is 0. The molecule has 0 radical (unpaired) electrons. The molecule has 9 heteroatoms. The van der Waals surface area contributed by atoms with Gasteiger partial charge in [-0.05, 0) is 29.8 Å². The summed E-state index contributed by atoms with van der Waals surface area (Å²) in [7, 11) is 0. The van der Waals surface area contributed by atoms with Crippen LogP contribution in [0.4, 0.5) is 10.1 Å². The van der Waals surface area contributed by atoms with Gasteiger partial charge in [-0.3, -0.25) is 14.5 Å². The van der Waals surface area contributed by atoms with Crippen molar-refractivity contribution in [2.45, 2.75) is 12.5 Å². The predicted molar refractivity (Wildman–Crippen MR) is 127 cm³/mol. The number of thiazole rings is 1. The number of nitrogens with zero attached hydrogens (tertiary/aromatic N) is 5. The van der Waals surface area contributed by atoms with Crippen molar-refractivity contribution in [1.29, 1.82) is 5.26 Å². The highest BCUT2D eigenvalue weighted by atomic mass is 32.1. The van der Waals surface area contributed by atoms with Gasteiger partial charge in [0.1, 0.15) is 5.82 Å². The van der Waals surface area contributed by atoms with Gasteiger partial charge in [-0.1, -0.05) is 18.2 Å². The van der Waals surface area contributed by atoms with Crippen molar-refractivity contribution in [3.05, 3.63) is 70.4 Å². The molecule has 0 spiro atoms. The second kappa shape index (κ2) is 9.33. The van der Waals surface area contributed by atoms with E-state index in [-0.39, 0.29) is 23.4 Å². The predicted octanol–water partition coefficient (Wildman–Crippen LogP) is 3.38. The number of amides is 2. The molecule has 7 nitrogen and oxygen atoms in total. The average Bonchev–Trinajstić information content (AvgIpc) is 3.54. The van der Waals surface area contributed by atoms with Gasteiger partial charge in [0.15, 0.2) is 5.01 Å². The van der Waals surface area contributed by atoms with E-state index in [1.54, 1.807) is 34.7 Å². The van der Waals surface area contributed by atoms with Crippen molar-refractivity contribution in [1.82, 2.24) is 14.8 Å². The smallest absolute Gasteiger partial charge is 0.282 e. The summed E-state index contributed by atoms with van der Waals surface area (Å²) < 4.78 is 14.5. The van der Waals surface area contributed by atoms with E-state index in [9.17, 15) is 14.0 Å². The summed E-state index contributed by atoms with van der Waals surface area (Å²) in [5, 5.41) is 11.3. The molecule has 0 N–H and O–H groups in total. The summed E-state index contributed by atoms with van der Waals surface area (Å²) in [5.41, 5.74) is 2.05. The summed E-state index contributed by atoms with van der Waals surface area (Å²) in [6, 6.07) is 13.7. The summed E-state index contributed by atoms with van der Waals surface area (Å²) in [6.45, 7) is 3.18. The minimum absolute atomic E-state index is 0.0312. The Morgan fingerprint density at radius 2 is 1.97 bits per heavy atom. The number of nitriles is 1. The standard InChI is InChI=1S/C25H22FN5O2S/c26-22-12-17(15-27)4-5-21(22)18-2-1-3-19(13-18)31-16-20(14-23(31)32)29-7-9-30(10-8-29)25(33)24-28-6-11-34-24/h1-6,11-13,20H,7-10,14,16H2. The van der Waals surface area contributed by atoms with Gasteiger partial charge < -0.3 is 9.80 Å². The zero-order valence-electron chi connectivity index (χ0n) is 18.4. The van der Waals surface area contributed by atoms with Crippen LogP contribution in [0, 0.1) is 17.1 Å². The van der Waals surface area contributed by atoms with Crippen LogP contribution >= 0.6 is 11.3 Å². The van der Waals surface area contributed by atoms with E-state index in [0.29, 0.717) is 55.3 Å². The lowest BCUT2D eigenvalue weighted by molar-refractivity contribution is -0.117. The van der Waals surface area contributed by atoms with Crippen LogP contribution in [0.3, 0.4) is 0 Å². The van der Waals surface area contributed by atoms with Crippen molar-refractivity contribution in [2.75, 3.05) is 37.6 Å². The quantitative estimate of drug-likeness (QED) is 0.578. The maximum atomic E-state index is 14.5. The molecule has 172 valence electrons. The Balaban J connectivity index is 1.26. The van der Waals surface area contributed by atoms with Gasteiger partial charge in [0.05, 0.1) is 11.6 Å². The first kappa shape index (κ1) is 22.2. The second-order valence-electron chi connectivity index (χ2n) is 8.38. The fourth-order valence-corrected chi connectivity index (χ4v) is 5.20. The number of halogens is 1. The van der Waals surface area contributed by atoms with E-state index < -0.39 is 5.82 Å². The minimum atomic E-state index is -0.466. The normalized spacial score (nSPS) is 18.8. The topological polar surface area (TPSA) is 80.5 Å². The van der Waals surface area contributed by atoms with E-state index in [2.05, 4.69) is 9.88 Å². The zero-order chi connectivity index (χ0) is 23.7. The van der Waals surface area contributed by atoms with Crippen LogP contribution in [-0.2, 0) is 4.79 Å². The molecule has 3 aromatic rings. The third-order valence-electron chi connectivity index (χ3n) is 6.40. The van der Waals surface area contributed by atoms with Crippen molar-refractivity contribution >= 4 is 28.8 Å². The fourth-order valence-electron chi connectivity index (χ4n) is 4.60. The molecule has 2 aliphatic rings. The first-order chi connectivity index (χ1) is 16.5. The van der Waals surface area contributed by atoms with E-state index in [0.717, 1.165) is 5.69 Å². The third-order valence-corrected chi connectivity index (χ3v) is 7.17. The lowest BCUT2D eigenvalue weighted by Crippen LogP contribution is -2.52. The first-order valence-electron chi connectivity index (χ1n) is 11.1. The van der Waals surface area contributed by atoms with Crippen LogP contribution in [0.15, 0.2) is 54.0 Å². The molecule has 0 bridgehead atoms. The maximum Gasteiger partial charge on any atom is 0.282 e. The SMILES string of the molecule is N#Cc1ccc(-c2cccc(N3CC(N4CCN(C(=O)c5nccs5)CC4)CC3=O)c2)c(F)c1. The highest BCUT2D eigenvalue weighted by molar-refractivity contribution is 7.11. The van der Waals surface area contributed by atoms with Gasteiger partial charge in [0.2, 0.25) is 5.91 Å². The Morgan fingerprint density at radius 3 is 2.68 bits per heavy atom. The van der Waals surface area contributed by atoms with Crippen molar-refractivity contribution < 1.29 is 14.0 Å². The van der Waals surface area contributed by atoms with Gasteiger partial charge in [-0.25, -0.2) is 9.37 Å². The maximum absolute atomic E-state index is 14.5. The van der Waals surface area contributed by atoms with E-state index >= 15 is 0 Å². The Hall–Kier alpha value is -3.61. The Kier molecular flexibility index (Phi) is 6.09. The van der Waals surface area contributed by atoms with Crippen molar-refractivity contribution in [3.63, 3.8) is 0 Å². The molecule has 5 rings (SSSR count). The Bertz CT molecular complexity index is 1260. The van der Waals surface area contributed by atoms with Crippen LogP contribution in [-0.4, -0.2) is 65.4 Å². The molecule has 1 atom stereocenters. The zero-order valence-corrected chi connectivity index (χ0v) is 19.2. The number of carbonyl (C=O) groups excluding carboxylic acids is 2. The summed E-state index contributed by atoms with van der Waals surface area (Å²) in [6.07, 6.45) is 2.05. The van der Waals surface area contributed by atoms with Gasteiger partial charge >= 0.3 is 0 Å². The lowest BCUT2D eigenvalue weighted by Gasteiger charge is -2.37. The molecule has 2 aliphatic heterocycles. The summed E-state index contributed by atoms with van der Waals surface area (Å²) >= 11 is 1.35. The molecule has 0 saturated carbocycles. The van der Waals surface area contributed by atoms with E-state index in [4.69, 9.17) is 5.26 Å². The molecule has 34 heavy (non-hydrogen) atoms. The first-order valence-corrected chi connectivity index (χ1v) is 11.9. The van der Waals surface area contributed by atoms with Crippen LogP contribution in [0.5, 0.6) is 0 Å². The van der Waals surface area contributed by atoms with Gasteiger partial charge in [-0.15, -0.1) is 11.3 Å². The van der Waals surface area contributed by atoms with Crippen LogP contribution in [0.25, 0.3) is 11.1 Å². The average molecular weight is 476 g/mol. The van der Waals surface area contributed by atoms with Gasteiger partial charge in [0.25, 0.3) is 5.91 Å². The number of rotatable bonds is 4. The number of hydrogen-bond acceptors (Lipinski definition) is 6. The Morgan fingerprint density at radius 1 is 1.15 bits per heavy atom. The monoisotopic (exact) mass is 475 g/mol. The molecule has 2 fully saturated rings. The summed E-state index contributed by atoms with van der Waals surface area (Å²) in [5.74, 6) is -0.471. The van der Waals surface area contributed by atoms with E-state index in [1.165, 1.54) is 17.4 Å². The highest BCUT2D eigenvalue weighted by Crippen LogP contribution is 2.30. The third kappa shape index (κ3) is 4.30. The fraction of sp³-hybridized carbons (Fsp3) is 0.280. The largest absolute Gasteiger partial charge is 0.334 e. The van der Waals surface area contributed by atoms with Crippen molar-refractivity contribution in [3.8, 4) is 17.2 Å². The highest BCUT2D eigenvalue weighted by Gasteiger charge is 2.36. The van der Waals surface area contributed by atoms with Crippen LogP contribution in [0.1, 0.15) is 21.8 Å². The Labute approximate surface area is 200 Å². The van der Waals surface area contributed by atoms with Gasteiger partial charge in [0, 0.05) is 68.0 Å². The number of benzene rings is 2. The van der Waals surface area contributed by atoms with Gasteiger partial charge in [-0.2, -0.15) is 5.26 Å². The minimum Gasteiger partial charge on any atom is -0.334 e. The second-order valence-corrected chi connectivity index (χ2v) is 9.28. The van der Waals surface area contributed by atoms with Crippen LogP contribution < -0.4 is 4.90 Å². The van der Waals surface area contributed by atoms with Crippen LogP contribution in [0.2, 0.25) is 0 Å². The lowest BCUT2D eigenvalue weighted by atomic mass is 10.0. The number of anilines is 1. The molecule has 2 amide bonds. The number of aromatic nitrogens is 1. The molecular formula is C25H22FN5O2S. The molecule has 2 saturated heterocycles. The molecular weight excluding hydrogens is 453 g/mol. The molecule has 1 unspecified atom stereocenters. The number of carbonyl (C=O) groups is 2. The molecule has 2 aromatic carbocycles.